The van der Waals surface area contributed by atoms with E-state index >= 15 is 0 Å². The minimum Gasteiger partial charge on any atom is -0.477 e. The van der Waals surface area contributed by atoms with Gasteiger partial charge in [-0.2, -0.15) is 5.26 Å². The Morgan fingerprint density at radius 3 is 2.16 bits per heavy atom. The SMILES string of the molecule is CC1(C)c2cc(C#N)ccc2-c2c1c1c(c3ccccc23)OC(c2ccc(N3CCOCC3)cc2)(c2ccc3ccc4ccccc4c3c2)CC1. The minimum absolute atomic E-state index is 0.281. The second-order valence-electron chi connectivity index (χ2n) is 14.9. The van der Waals surface area contributed by atoms with Crippen LogP contribution in [0.4, 0.5) is 5.69 Å². The van der Waals surface area contributed by atoms with E-state index in [0.29, 0.717) is 5.56 Å². The Bertz CT molecular complexity index is 2590. The van der Waals surface area contributed by atoms with Crippen LogP contribution >= 0.6 is 0 Å². The molecule has 0 saturated carbocycles. The van der Waals surface area contributed by atoms with Crippen molar-refractivity contribution in [3.63, 3.8) is 0 Å². The number of nitriles is 1. The normalized spacial score (nSPS) is 19.0. The lowest BCUT2D eigenvalue weighted by Gasteiger charge is -2.42. The lowest BCUT2D eigenvalue weighted by molar-refractivity contribution is 0.0868. The summed E-state index contributed by atoms with van der Waals surface area (Å²) in [7, 11) is 0. The van der Waals surface area contributed by atoms with Crippen LogP contribution in [-0.4, -0.2) is 26.3 Å². The van der Waals surface area contributed by atoms with Gasteiger partial charge in [-0.1, -0.05) is 105 Å². The first-order valence-electron chi connectivity index (χ1n) is 18.1. The van der Waals surface area contributed by atoms with E-state index in [-0.39, 0.29) is 5.41 Å². The number of hydrogen-bond acceptors (Lipinski definition) is 4. The number of hydrogen-bond donors (Lipinski definition) is 0. The van der Waals surface area contributed by atoms with E-state index in [1.54, 1.807) is 0 Å². The summed E-state index contributed by atoms with van der Waals surface area (Å²) in [4.78, 5) is 2.41. The van der Waals surface area contributed by atoms with Gasteiger partial charge in [-0.3, -0.25) is 0 Å². The van der Waals surface area contributed by atoms with Gasteiger partial charge < -0.3 is 14.4 Å². The number of ether oxygens (including phenoxy) is 2. The van der Waals surface area contributed by atoms with Crippen molar-refractivity contribution in [3.05, 3.63) is 155 Å². The monoisotopic (exact) mass is 662 g/mol. The largest absolute Gasteiger partial charge is 0.477 e. The molecule has 7 aromatic carbocycles. The number of morpholine rings is 1. The van der Waals surface area contributed by atoms with Crippen molar-refractivity contribution < 1.29 is 9.47 Å². The van der Waals surface area contributed by atoms with Crippen molar-refractivity contribution in [3.8, 4) is 22.9 Å². The highest BCUT2D eigenvalue weighted by molar-refractivity contribution is 6.08. The average molecular weight is 663 g/mol. The third-order valence-electron chi connectivity index (χ3n) is 11.9. The van der Waals surface area contributed by atoms with E-state index in [0.717, 1.165) is 55.8 Å². The first kappa shape index (κ1) is 30.2. The molecule has 0 spiro atoms. The van der Waals surface area contributed by atoms with Gasteiger partial charge in [-0.05, 0) is 97.9 Å². The molecule has 1 saturated heterocycles. The zero-order valence-electron chi connectivity index (χ0n) is 29.0. The molecule has 0 bridgehead atoms. The van der Waals surface area contributed by atoms with Gasteiger partial charge >= 0.3 is 0 Å². The molecule has 0 N–H and O–H groups in total. The van der Waals surface area contributed by atoms with Crippen molar-refractivity contribution in [2.24, 2.45) is 0 Å². The van der Waals surface area contributed by atoms with E-state index < -0.39 is 5.60 Å². The molecule has 4 nitrogen and oxygen atoms in total. The van der Waals surface area contributed by atoms with Gasteiger partial charge in [0.1, 0.15) is 5.75 Å². The highest BCUT2D eigenvalue weighted by atomic mass is 16.5. The number of fused-ring (bicyclic) bond motifs is 11. The molecular formula is C47H38N2O2. The maximum atomic E-state index is 9.83. The first-order chi connectivity index (χ1) is 25.0. The maximum absolute atomic E-state index is 9.83. The molecule has 7 aromatic rings. The number of nitrogens with zero attached hydrogens (tertiary/aromatic N) is 2. The van der Waals surface area contributed by atoms with Crippen molar-refractivity contribution in [2.75, 3.05) is 31.2 Å². The Morgan fingerprint density at radius 1 is 0.686 bits per heavy atom. The highest BCUT2D eigenvalue weighted by Crippen LogP contribution is 2.58. The predicted molar refractivity (Wildman–Crippen MR) is 207 cm³/mol. The van der Waals surface area contributed by atoms with Gasteiger partial charge in [0.25, 0.3) is 0 Å². The van der Waals surface area contributed by atoms with Gasteiger partial charge in [0, 0.05) is 40.7 Å². The summed E-state index contributed by atoms with van der Waals surface area (Å²) in [6, 6.07) is 46.5. The lowest BCUT2D eigenvalue weighted by Crippen LogP contribution is -2.39. The molecule has 10 rings (SSSR count). The molecule has 51 heavy (non-hydrogen) atoms. The number of anilines is 1. The summed E-state index contributed by atoms with van der Waals surface area (Å²) in [5, 5.41) is 17.1. The quantitative estimate of drug-likeness (QED) is 0.177. The fraction of sp³-hybridized carbons (Fsp3) is 0.213. The standard InChI is InChI=1S/C47H38N2O2/c1-46(2)42-27-30(29-48)11-20-39(42)43-37-9-5-6-10-38(37)45-40(44(43)46)21-22-47(51-45,33-16-18-35(19-17-33)49-23-25-50-26-24-49)34-15-14-32-13-12-31-7-3-4-8-36(31)41(32)28-34/h3-20,27-28H,21-26H2,1-2H3. The Morgan fingerprint density at radius 2 is 1.37 bits per heavy atom. The van der Waals surface area contributed by atoms with E-state index in [4.69, 9.17) is 9.47 Å². The topological polar surface area (TPSA) is 45.5 Å². The predicted octanol–water partition coefficient (Wildman–Crippen LogP) is 10.4. The summed E-state index contributed by atoms with van der Waals surface area (Å²) in [5.41, 5.74) is 9.62. The van der Waals surface area contributed by atoms with Crippen LogP contribution in [0.3, 0.4) is 0 Å². The molecule has 248 valence electrons. The van der Waals surface area contributed by atoms with Gasteiger partial charge in [0.05, 0.1) is 24.8 Å². The molecular weight excluding hydrogens is 625 g/mol. The average Bonchev–Trinajstić information content (AvgIpc) is 3.43. The zero-order chi connectivity index (χ0) is 34.3. The molecule has 3 aliphatic rings. The summed E-state index contributed by atoms with van der Waals surface area (Å²) >= 11 is 0. The van der Waals surface area contributed by atoms with Crippen LogP contribution in [0.15, 0.2) is 121 Å². The van der Waals surface area contributed by atoms with Gasteiger partial charge in [-0.25, -0.2) is 0 Å². The van der Waals surface area contributed by atoms with Gasteiger partial charge in [-0.15, -0.1) is 0 Å². The van der Waals surface area contributed by atoms with Crippen LogP contribution in [-0.2, 0) is 22.2 Å². The number of benzene rings is 7. The second-order valence-corrected chi connectivity index (χ2v) is 14.9. The summed E-state index contributed by atoms with van der Waals surface area (Å²) in [6.07, 6.45) is 1.66. The Labute approximate surface area is 298 Å². The molecule has 4 heteroatoms. The zero-order valence-corrected chi connectivity index (χ0v) is 29.0. The number of rotatable bonds is 3. The van der Waals surface area contributed by atoms with E-state index in [9.17, 15) is 5.26 Å². The van der Waals surface area contributed by atoms with Crippen molar-refractivity contribution in [2.45, 2.75) is 37.7 Å². The summed E-state index contributed by atoms with van der Waals surface area (Å²) in [6.45, 7) is 7.94. The molecule has 1 aliphatic carbocycles. The maximum Gasteiger partial charge on any atom is 0.159 e. The van der Waals surface area contributed by atoms with Crippen molar-refractivity contribution in [1.82, 2.24) is 0 Å². The molecule has 1 unspecified atom stereocenters. The van der Waals surface area contributed by atoms with Gasteiger partial charge in [0.15, 0.2) is 5.60 Å². The van der Waals surface area contributed by atoms with Crippen molar-refractivity contribution >= 4 is 38.0 Å². The fourth-order valence-electron chi connectivity index (χ4n) is 9.38. The van der Waals surface area contributed by atoms with E-state index in [1.807, 2.05) is 6.07 Å². The van der Waals surface area contributed by atoms with Crippen LogP contribution in [0.25, 0.3) is 43.4 Å². The minimum atomic E-state index is -0.706. The van der Waals surface area contributed by atoms with Crippen LogP contribution in [0.1, 0.15) is 53.6 Å². The Kier molecular flexibility index (Phi) is 6.63. The third-order valence-corrected chi connectivity index (χ3v) is 11.9. The summed E-state index contributed by atoms with van der Waals surface area (Å²) in [5.74, 6) is 0.979. The first-order valence-corrected chi connectivity index (χ1v) is 18.1. The molecule has 0 aromatic heterocycles. The van der Waals surface area contributed by atoms with Crippen LogP contribution in [0.2, 0.25) is 0 Å². The highest BCUT2D eigenvalue weighted by Gasteiger charge is 2.46. The molecule has 2 aliphatic heterocycles. The lowest BCUT2D eigenvalue weighted by atomic mass is 9.73. The van der Waals surface area contributed by atoms with E-state index in [2.05, 4.69) is 140 Å². The molecule has 1 atom stereocenters. The molecule has 2 heterocycles. The molecule has 1 fully saturated rings. The fourth-order valence-corrected chi connectivity index (χ4v) is 9.38. The Balaban J connectivity index is 1.21. The molecule has 0 amide bonds. The van der Waals surface area contributed by atoms with Gasteiger partial charge in [0.2, 0.25) is 0 Å². The third kappa shape index (κ3) is 4.41. The smallest absolute Gasteiger partial charge is 0.159 e. The second kappa shape index (κ2) is 11.2. The van der Waals surface area contributed by atoms with E-state index in [1.165, 1.54) is 66.0 Å². The van der Waals surface area contributed by atoms with Crippen LogP contribution < -0.4 is 9.64 Å². The summed E-state index contributed by atoms with van der Waals surface area (Å²) < 4.78 is 13.4. The Hall–Kier alpha value is -5.63. The van der Waals surface area contributed by atoms with Crippen molar-refractivity contribution in [1.29, 1.82) is 5.26 Å². The van der Waals surface area contributed by atoms with Crippen LogP contribution in [0, 0.1) is 11.3 Å². The van der Waals surface area contributed by atoms with Crippen LogP contribution in [0.5, 0.6) is 5.75 Å². The molecule has 0 radical (unpaired) electrons.